The average Bonchev–Trinajstić information content (AvgIpc) is 3.00. The van der Waals surface area contributed by atoms with E-state index in [9.17, 15) is 4.79 Å². The number of carbonyl (C=O) groups is 1. The minimum Gasteiger partial charge on any atom is -0.377 e. The molecule has 1 fully saturated rings. The maximum absolute atomic E-state index is 12.9. The Balaban J connectivity index is 2.18. The molecule has 2 rings (SSSR count). The van der Waals surface area contributed by atoms with Crippen LogP contribution in [0.2, 0.25) is 0 Å². The van der Waals surface area contributed by atoms with Crippen LogP contribution in [0.5, 0.6) is 0 Å². The average molecular weight is 290 g/mol. The number of rotatable bonds is 6. The molecule has 0 radical (unpaired) electrons. The van der Waals surface area contributed by atoms with Gasteiger partial charge in [0.15, 0.2) is 0 Å². The molecule has 116 valence electrons. The number of amides is 1. The predicted octanol–water partition coefficient (Wildman–Crippen LogP) is 2.70. The summed E-state index contributed by atoms with van der Waals surface area (Å²) in [5.74, 6) is 0.192. The number of nitrogens with zero attached hydrogens (tertiary/aromatic N) is 1. The summed E-state index contributed by atoms with van der Waals surface area (Å²) in [7, 11) is 0. The molecule has 1 aromatic rings. The van der Waals surface area contributed by atoms with Gasteiger partial charge in [-0.15, -0.1) is 0 Å². The van der Waals surface area contributed by atoms with Crippen molar-refractivity contribution in [1.82, 2.24) is 0 Å². The molecule has 0 bridgehead atoms. The molecule has 1 saturated heterocycles. The van der Waals surface area contributed by atoms with Gasteiger partial charge in [-0.05, 0) is 37.0 Å². The molecular weight excluding hydrogens is 264 g/mol. The van der Waals surface area contributed by atoms with Crippen molar-refractivity contribution in [3.63, 3.8) is 0 Å². The summed E-state index contributed by atoms with van der Waals surface area (Å²) in [6.45, 7) is 6.14. The van der Waals surface area contributed by atoms with Gasteiger partial charge in [-0.3, -0.25) is 4.79 Å². The molecule has 1 heterocycles. The van der Waals surface area contributed by atoms with E-state index in [1.165, 1.54) is 0 Å². The highest BCUT2D eigenvalue weighted by Crippen LogP contribution is 2.28. The van der Waals surface area contributed by atoms with Crippen molar-refractivity contribution < 1.29 is 9.53 Å². The lowest BCUT2D eigenvalue weighted by molar-refractivity contribution is -0.124. The first kappa shape index (κ1) is 16.0. The minimum atomic E-state index is -0.00395. The number of hydrogen-bond acceptors (Lipinski definition) is 3. The third-order valence-corrected chi connectivity index (χ3v) is 4.13. The number of carbonyl (C=O) groups excluding carboxylic acids is 1. The van der Waals surface area contributed by atoms with E-state index in [1.54, 1.807) is 0 Å². The van der Waals surface area contributed by atoms with E-state index < -0.39 is 0 Å². The normalized spacial score (nSPS) is 21.5. The van der Waals surface area contributed by atoms with Gasteiger partial charge in [0.2, 0.25) is 5.91 Å². The molecule has 0 saturated carbocycles. The number of benzene rings is 1. The number of anilines is 1. The van der Waals surface area contributed by atoms with Crippen LogP contribution in [0.3, 0.4) is 0 Å². The van der Waals surface area contributed by atoms with Crippen LogP contribution < -0.4 is 10.6 Å². The van der Waals surface area contributed by atoms with Crippen molar-refractivity contribution in [2.24, 2.45) is 11.7 Å². The highest BCUT2D eigenvalue weighted by atomic mass is 16.5. The second-order valence-corrected chi connectivity index (χ2v) is 5.57. The molecule has 1 aliphatic rings. The van der Waals surface area contributed by atoms with Crippen LogP contribution in [-0.2, 0) is 16.1 Å². The van der Waals surface area contributed by atoms with Gasteiger partial charge < -0.3 is 15.4 Å². The van der Waals surface area contributed by atoms with E-state index in [0.717, 1.165) is 37.1 Å². The molecule has 0 aliphatic carbocycles. The van der Waals surface area contributed by atoms with Gasteiger partial charge >= 0.3 is 0 Å². The van der Waals surface area contributed by atoms with E-state index in [0.29, 0.717) is 13.2 Å². The third kappa shape index (κ3) is 3.63. The first-order valence-corrected chi connectivity index (χ1v) is 7.93. The first-order chi connectivity index (χ1) is 10.2. The van der Waals surface area contributed by atoms with Gasteiger partial charge in [0, 0.05) is 25.4 Å². The van der Waals surface area contributed by atoms with E-state index in [1.807, 2.05) is 29.2 Å². The van der Waals surface area contributed by atoms with Crippen LogP contribution in [0, 0.1) is 5.92 Å². The van der Waals surface area contributed by atoms with E-state index in [2.05, 4.69) is 13.8 Å². The van der Waals surface area contributed by atoms with E-state index in [4.69, 9.17) is 10.5 Å². The third-order valence-electron chi connectivity index (χ3n) is 4.13. The van der Waals surface area contributed by atoms with Crippen molar-refractivity contribution in [3.8, 4) is 0 Å². The van der Waals surface area contributed by atoms with Crippen LogP contribution >= 0.6 is 0 Å². The fourth-order valence-electron chi connectivity index (χ4n) is 2.94. The van der Waals surface area contributed by atoms with Crippen molar-refractivity contribution in [2.45, 2.75) is 45.8 Å². The highest BCUT2D eigenvalue weighted by molar-refractivity contribution is 5.95. The van der Waals surface area contributed by atoms with Gasteiger partial charge in [-0.2, -0.15) is 0 Å². The molecule has 2 atom stereocenters. The molecule has 1 amide bonds. The Morgan fingerprint density at radius 2 is 2.05 bits per heavy atom. The predicted molar refractivity (Wildman–Crippen MR) is 85.1 cm³/mol. The highest BCUT2D eigenvalue weighted by Gasteiger charge is 2.35. The number of ether oxygens (including phenoxy) is 1. The molecule has 2 N–H and O–H groups in total. The molecule has 4 heteroatoms. The second-order valence-electron chi connectivity index (χ2n) is 5.57. The molecular formula is C17H26N2O2. The van der Waals surface area contributed by atoms with Gasteiger partial charge in [0.05, 0.1) is 12.0 Å². The molecule has 0 aromatic heterocycles. The first-order valence-electron chi connectivity index (χ1n) is 7.93. The summed E-state index contributed by atoms with van der Waals surface area (Å²) in [5.41, 5.74) is 7.67. The monoisotopic (exact) mass is 290 g/mol. The Labute approximate surface area is 127 Å². The SMILES string of the molecule is CCCN(C(=O)C1CCOC1CC)c1ccc(CN)cc1. The molecule has 4 nitrogen and oxygen atoms in total. The summed E-state index contributed by atoms with van der Waals surface area (Å²) in [6, 6.07) is 7.97. The molecule has 1 aliphatic heterocycles. The van der Waals surface area contributed by atoms with Gasteiger partial charge in [0.25, 0.3) is 0 Å². The summed E-state index contributed by atoms with van der Waals surface area (Å²) >= 11 is 0. The zero-order valence-corrected chi connectivity index (χ0v) is 13.0. The fourth-order valence-corrected chi connectivity index (χ4v) is 2.94. The largest absolute Gasteiger partial charge is 0.377 e. The molecule has 0 spiro atoms. The standard InChI is InChI=1S/C17H26N2O2/c1-3-10-19(14-7-5-13(12-18)6-8-14)17(20)15-9-11-21-16(15)4-2/h5-8,15-16H,3-4,9-12,18H2,1-2H3. The Morgan fingerprint density at radius 1 is 1.33 bits per heavy atom. The summed E-state index contributed by atoms with van der Waals surface area (Å²) in [5, 5.41) is 0. The van der Waals surface area contributed by atoms with Crippen LogP contribution in [-0.4, -0.2) is 25.2 Å². The Morgan fingerprint density at radius 3 is 2.62 bits per heavy atom. The topological polar surface area (TPSA) is 55.6 Å². The fraction of sp³-hybridized carbons (Fsp3) is 0.588. The number of nitrogens with two attached hydrogens (primary N) is 1. The molecule has 1 aromatic carbocycles. The smallest absolute Gasteiger partial charge is 0.232 e. The Kier molecular flexibility index (Phi) is 5.76. The Hall–Kier alpha value is -1.39. The van der Waals surface area contributed by atoms with Crippen molar-refractivity contribution >= 4 is 11.6 Å². The van der Waals surface area contributed by atoms with Crippen LogP contribution in [0.4, 0.5) is 5.69 Å². The lowest BCUT2D eigenvalue weighted by atomic mass is 9.97. The Bertz CT molecular complexity index is 458. The summed E-state index contributed by atoms with van der Waals surface area (Å²) < 4.78 is 5.67. The zero-order valence-electron chi connectivity index (χ0n) is 13.0. The van der Waals surface area contributed by atoms with E-state index >= 15 is 0 Å². The van der Waals surface area contributed by atoms with Crippen molar-refractivity contribution in [2.75, 3.05) is 18.1 Å². The quantitative estimate of drug-likeness (QED) is 0.876. The number of hydrogen-bond donors (Lipinski definition) is 1. The lowest BCUT2D eigenvalue weighted by Gasteiger charge is -2.27. The van der Waals surface area contributed by atoms with Gasteiger partial charge in [-0.25, -0.2) is 0 Å². The maximum Gasteiger partial charge on any atom is 0.232 e. The van der Waals surface area contributed by atoms with Crippen LogP contribution in [0.15, 0.2) is 24.3 Å². The molecule has 2 unspecified atom stereocenters. The summed E-state index contributed by atoms with van der Waals surface area (Å²) in [6.07, 6.45) is 2.73. The van der Waals surface area contributed by atoms with Crippen LogP contribution in [0.1, 0.15) is 38.7 Å². The van der Waals surface area contributed by atoms with Crippen molar-refractivity contribution in [3.05, 3.63) is 29.8 Å². The van der Waals surface area contributed by atoms with Crippen molar-refractivity contribution in [1.29, 1.82) is 0 Å². The van der Waals surface area contributed by atoms with Crippen LogP contribution in [0.25, 0.3) is 0 Å². The second kappa shape index (κ2) is 7.57. The minimum absolute atomic E-state index is 0.00395. The maximum atomic E-state index is 12.9. The summed E-state index contributed by atoms with van der Waals surface area (Å²) in [4.78, 5) is 14.8. The zero-order chi connectivity index (χ0) is 15.2. The molecule has 21 heavy (non-hydrogen) atoms. The van der Waals surface area contributed by atoms with Gasteiger partial charge in [0.1, 0.15) is 0 Å². The van der Waals surface area contributed by atoms with Gasteiger partial charge in [-0.1, -0.05) is 26.0 Å². The lowest BCUT2D eigenvalue weighted by Crippen LogP contribution is -2.39. The van der Waals surface area contributed by atoms with E-state index in [-0.39, 0.29) is 17.9 Å².